The van der Waals surface area contributed by atoms with Crippen LogP contribution in [0.25, 0.3) is 0 Å². The van der Waals surface area contributed by atoms with Crippen LogP contribution in [-0.4, -0.2) is 31.2 Å². The lowest BCUT2D eigenvalue weighted by atomic mass is 10.2. The van der Waals surface area contributed by atoms with Gasteiger partial charge >= 0.3 is 0 Å². The second-order valence-corrected chi connectivity index (χ2v) is 8.19. The number of hydrogen-bond donors (Lipinski definition) is 0. The topological polar surface area (TPSA) is 51.7 Å². The third-order valence-corrected chi connectivity index (χ3v) is 6.10. The third-order valence-electron chi connectivity index (χ3n) is 5.06. The Morgan fingerprint density at radius 2 is 1.93 bits per heavy atom. The molecule has 0 spiro atoms. The SMILES string of the molecule is COc1cnc(CSc2ccc(C)cc2)cc1OCC(=O)N1CCc2ccccc21. The average molecular weight is 421 g/mol. The molecule has 0 N–H and O–H groups in total. The number of fused-ring (bicyclic) bond motifs is 1. The predicted molar refractivity (Wildman–Crippen MR) is 120 cm³/mol. The molecule has 1 aliphatic rings. The average Bonchev–Trinajstić information content (AvgIpc) is 3.21. The van der Waals surface area contributed by atoms with Crippen LogP contribution in [0.4, 0.5) is 5.69 Å². The van der Waals surface area contributed by atoms with Crippen molar-refractivity contribution in [3.63, 3.8) is 0 Å². The van der Waals surface area contributed by atoms with E-state index < -0.39 is 0 Å². The van der Waals surface area contributed by atoms with E-state index in [1.165, 1.54) is 16.0 Å². The maximum atomic E-state index is 12.7. The van der Waals surface area contributed by atoms with Crippen molar-refractivity contribution in [3.8, 4) is 11.5 Å². The number of hydrogen-bond acceptors (Lipinski definition) is 5. The molecule has 30 heavy (non-hydrogen) atoms. The zero-order chi connectivity index (χ0) is 20.9. The number of aromatic nitrogens is 1. The van der Waals surface area contributed by atoms with Gasteiger partial charge in [0.15, 0.2) is 18.1 Å². The first-order chi connectivity index (χ1) is 14.6. The minimum atomic E-state index is -0.0607. The van der Waals surface area contributed by atoms with Gasteiger partial charge in [-0.2, -0.15) is 0 Å². The second-order valence-electron chi connectivity index (χ2n) is 7.14. The van der Waals surface area contributed by atoms with E-state index >= 15 is 0 Å². The Bertz CT molecular complexity index is 1040. The van der Waals surface area contributed by atoms with Gasteiger partial charge in [0, 0.05) is 28.9 Å². The molecule has 0 fully saturated rings. The molecule has 6 heteroatoms. The summed E-state index contributed by atoms with van der Waals surface area (Å²) >= 11 is 1.71. The summed E-state index contributed by atoms with van der Waals surface area (Å²) in [4.78, 5) is 20.2. The maximum absolute atomic E-state index is 12.7. The number of benzene rings is 2. The van der Waals surface area contributed by atoms with Gasteiger partial charge in [-0.25, -0.2) is 0 Å². The lowest BCUT2D eigenvalue weighted by molar-refractivity contribution is -0.120. The number of aryl methyl sites for hydroxylation is 1. The smallest absolute Gasteiger partial charge is 0.264 e. The Morgan fingerprint density at radius 1 is 1.13 bits per heavy atom. The van der Waals surface area contributed by atoms with Crippen LogP contribution in [0.3, 0.4) is 0 Å². The summed E-state index contributed by atoms with van der Waals surface area (Å²) in [7, 11) is 1.57. The summed E-state index contributed by atoms with van der Waals surface area (Å²) < 4.78 is 11.2. The van der Waals surface area contributed by atoms with E-state index in [0.717, 1.165) is 17.8 Å². The molecule has 154 valence electrons. The molecule has 0 saturated carbocycles. The fourth-order valence-electron chi connectivity index (χ4n) is 3.42. The van der Waals surface area contributed by atoms with E-state index in [1.807, 2.05) is 24.3 Å². The fourth-order valence-corrected chi connectivity index (χ4v) is 4.22. The summed E-state index contributed by atoms with van der Waals surface area (Å²) in [5, 5.41) is 0. The van der Waals surface area contributed by atoms with Crippen LogP contribution in [0.15, 0.2) is 65.7 Å². The van der Waals surface area contributed by atoms with Crippen molar-refractivity contribution in [3.05, 3.63) is 77.6 Å². The van der Waals surface area contributed by atoms with Gasteiger partial charge in [-0.3, -0.25) is 9.78 Å². The number of carbonyl (C=O) groups is 1. The zero-order valence-corrected chi connectivity index (χ0v) is 17.9. The minimum Gasteiger partial charge on any atom is -0.491 e. The Balaban J connectivity index is 1.41. The molecule has 0 atom stereocenters. The molecule has 4 rings (SSSR count). The van der Waals surface area contributed by atoms with Crippen molar-refractivity contribution in [2.75, 3.05) is 25.2 Å². The number of thioether (sulfide) groups is 1. The lowest BCUT2D eigenvalue weighted by Gasteiger charge is -2.18. The third kappa shape index (κ3) is 4.60. The second kappa shape index (κ2) is 9.22. The van der Waals surface area contributed by atoms with Crippen LogP contribution in [0, 0.1) is 6.92 Å². The molecule has 2 heterocycles. The maximum Gasteiger partial charge on any atom is 0.264 e. The number of rotatable bonds is 7. The molecule has 0 saturated heterocycles. The standard InChI is InChI=1S/C24H24N2O3S/c1-17-7-9-20(10-8-17)30-16-19-13-22(23(28-2)14-25-19)29-15-24(27)26-12-11-18-5-3-4-6-21(18)26/h3-10,13-14H,11-12,15-16H2,1-2H3. The van der Waals surface area contributed by atoms with E-state index in [1.54, 1.807) is 30.0 Å². The summed E-state index contributed by atoms with van der Waals surface area (Å²) in [5.41, 5.74) is 4.28. The van der Waals surface area contributed by atoms with E-state index in [-0.39, 0.29) is 12.5 Å². The number of ether oxygens (including phenoxy) is 2. The lowest BCUT2D eigenvalue weighted by Crippen LogP contribution is -2.33. The first-order valence-corrected chi connectivity index (χ1v) is 10.9. The van der Waals surface area contributed by atoms with Crippen molar-refractivity contribution < 1.29 is 14.3 Å². The minimum absolute atomic E-state index is 0.0424. The summed E-state index contributed by atoms with van der Waals surface area (Å²) in [6.45, 7) is 2.72. The number of para-hydroxylation sites is 1. The summed E-state index contributed by atoms with van der Waals surface area (Å²) in [5.74, 6) is 1.70. The number of anilines is 1. The first-order valence-electron chi connectivity index (χ1n) is 9.87. The molecule has 1 aromatic heterocycles. The van der Waals surface area contributed by atoms with Crippen LogP contribution >= 0.6 is 11.8 Å². The molecule has 0 radical (unpaired) electrons. The van der Waals surface area contributed by atoms with E-state index in [9.17, 15) is 4.79 Å². The van der Waals surface area contributed by atoms with Crippen LogP contribution in [0.5, 0.6) is 11.5 Å². The van der Waals surface area contributed by atoms with Crippen molar-refractivity contribution >= 4 is 23.4 Å². The van der Waals surface area contributed by atoms with Gasteiger partial charge in [-0.05, 0) is 37.1 Å². The monoisotopic (exact) mass is 420 g/mol. The van der Waals surface area contributed by atoms with E-state index in [4.69, 9.17) is 9.47 Å². The Hall–Kier alpha value is -2.99. The van der Waals surface area contributed by atoms with Gasteiger partial charge in [0.2, 0.25) is 0 Å². The van der Waals surface area contributed by atoms with Gasteiger partial charge in [0.05, 0.1) is 19.0 Å². The number of amides is 1. The Morgan fingerprint density at radius 3 is 2.73 bits per heavy atom. The van der Waals surface area contributed by atoms with Gasteiger partial charge in [-0.15, -0.1) is 11.8 Å². The summed E-state index contributed by atoms with van der Waals surface area (Å²) in [6, 6.07) is 18.3. The molecular formula is C24H24N2O3S. The van der Waals surface area contributed by atoms with Crippen LogP contribution in [0.2, 0.25) is 0 Å². The Kier molecular flexibility index (Phi) is 6.23. The van der Waals surface area contributed by atoms with Crippen LogP contribution in [0.1, 0.15) is 16.8 Å². The molecule has 0 unspecified atom stereocenters. The molecule has 0 aliphatic carbocycles. The molecule has 3 aromatic rings. The molecule has 1 aliphatic heterocycles. The van der Waals surface area contributed by atoms with E-state index in [2.05, 4.69) is 42.2 Å². The molecule has 2 aromatic carbocycles. The molecule has 0 bridgehead atoms. The van der Waals surface area contributed by atoms with Gasteiger partial charge in [-0.1, -0.05) is 35.9 Å². The number of nitrogens with zero attached hydrogens (tertiary/aromatic N) is 2. The predicted octanol–water partition coefficient (Wildman–Crippen LogP) is 4.66. The molecular weight excluding hydrogens is 396 g/mol. The molecule has 1 amide bonds. The summed E-state index contributed by atoms with van der Waals surface area (Å²) in [6.07, 6.45) is 2.52. The number of carbonyl (C=O) groups excluding carboxylic acids is 1. The van der Waals surface area contributed by atoms with Crippen LogP contribution in [-0.2, 0) is 17.0 Å². The van der Waals surface area contributed by atoms with Crippen molar-refractivity contribution in [1.29, 1.82) is 0 Å². The number of methoxy groups -OCH3 is 1. The largest absolute Gasteiger partial charge is 0.491 e. The van der Waals surface area contributed by atoms with Crippen molar-refractivity contribution in [2.24, 2.45) is 0 Å². The normalized spacial score (nSPS) is 12.5. The van der Waals surface area contributed by atoms with Gasteiger partial charge < -0.3 is 14.4 Å². The van der Waals surface area contributed by atoms with Crippen molar-refractivity contribution in [1.82, 2.24) is 4.98 Å². The highest BCUT2D eigenvalue weighted by Crippen LogP contribution is 2.31. The fraction of sp³-hybridized carbons (Fsp3) is 0.250. The first kappa shape index (κ1) is 20.3. The highest BCUT2D eigenvalue weighted by molar-refractivity contribution is 7.98. The van der Waals surface area contributed by atoms with Gasteiger partial charge in [0.1, 0.15) is 0 Å². The van der Waals surface area contributed by atoms with Crippen LogP contribution < -0.4 is 14.4 Å². The zero-order valence-electron chi connectivity index (χ0n) is 17.1. The highest BCUT2D eigenvalue weighted by atomic mass is 32.2. The number of pyridine rings is 1. The quantitative estimate of drug-likeness (QED) is 0.521. The van der Waals surface area contributed by atoms with Gasteiger partial charge in [0.25, 0.3) is 5.91 Å². The van der Waals surface area contributed by atoms with Crippen molar-refractivity contribution in [2.45, 2.75) is 24.0 Å². The Labute approximate surface area is 181 Å². The molecule has 5 nitrogen and oxygen atoms in total. The van der Waals surface area contributed by atoms with E-state index in [0.29, 0.717) is 23.8 Å². The highest BCUT2D eigenvalue weighted by Gasteiger charge is 2.24.